The zero-order valence-corrected chi connectivity index (χ0v) is 14.4. The fourth-order valence-electron chi connectivity index (χ4n) is 2.79. The van der Waals surface area contributed by atoms with Crippen molar-refractivity contribution in [3.8, 4) is 0 Å². The molecule has 1 aromatic heterocycles. The summed E-state index contributed by atoms with van der Waals surface area (Å²) < 4.78 is 5.16. The molecule has 1 aromatic rings. The van der Waals surface area contributed by atoms with Crippen LogP contribution in [0.3, 0.4) is 0 Å². The summed E-state index contributed by atoms with van der Waals surface area (Å²) in [4.78, 5) is 20.6. The highest BCUT2D eigenvalue weighted by Gasteiger charge is 2.25. The first-order chi connectivity index (χ1) is 10.9. The molecule has 7 heteroatoms. The van der Waals surface area contributed by atoms with Crippen LogP contribution in [0.1, 0.15) is 45.3 Å². The van der Waals surface area contributed by atoms with Crippen molar-refractivity contribution < 1.29 is 14.4 Å². The third kappa shape index (κ3) is 5.91. The minimum absolute atomic E-state index is 0.128. The standard InChI is InChI=1S/C16H28N4O3/c1-4-5-13-17-14(23-18-13)6-7-15(21)20-10-8-19(9-11-20)12-16(2,3)22/h22H,4-12H2,1-3H3. The molecule has 2 heterocycles. The van der Waals surface area contributed by atoms with Gasteiger partial charge in [0.05, 0.1) is 5.60 Å². The minimum Gasteiger partial charge on any atom is -0.389 e. The van der Waals surface area contributed by atoms with Crippen molar-refractivity contribution >= 4 is 5.91 Å². The SMILES string of the molecule is CCCc1noc(CCC(=O)N2CCN(CC(C)(C)O)CC2)n1. The molecule has 0 atom stereocenters. The summed E-state index contributed by atoms with van der Waals surface area (Å²) in [5.41, 5.74) is -0.694. The number of nitrogens with zero attached hydrogens (tertiary/aromatic N) is 4. The Morgan fingerprint density at radius 1 is 1.26 bits per heavy atom. The second-order valence-electron chi connectivity index (χ2n) is 6.82. The second kappa shape index (κ2) is 7.88. The highest BCUT2D eigenvalue weighted by Crippen LogP contribution is 2.11. The Morgan fingerprint density at radius 3 is 2.57 bits per heavy atom. The fourth-order valence-corrected chi connectivity index (χ4v) is 2.79. The van der Waals surface area contributed by atoms with Gasteiger partial charge in [-0.1, -0.05) is 12.1 Å². The van der Waals surface area contributed by atoms with Gasteiger partial charge in [-0.2, -0.15) is 4.98 Å². The third-order valence-electron chi connectivity index (χ3n) is 3.87. The lowest BCUT2D eigenvalue weighted by atomic mass is 10.1. The van der Waals surface area contributed by atoms with Gasteiger partial charge in [0.1, 0.15) is 0 Å². The minimum atomic E-state index is -0.694. The van der Waals surface area contributed by atoms with Crippen molar-refractivity contribution in [3.05, 3.63) is 11.7 Å². The normalized spacial score (nSPS) is 16.8. The van der Waals surface area contributed by atoms with Gasteiger partial charge in [-0.15, -0.1) is 0 Å². The molecule has 1 aliphatic rings. The highest BCUT2D eigenvalue weighted by atomic mass is 16.5. The van der Waals surface area contributed by atoms with E-state index in [4.69, 9.17) is 4.52 Å². The summed E-state index contributed by atoms with van der Waals surface area (Å²) in [7, 11) is 0. The predicted molar refractivity (Wildman–Crippen MR) is 85.9 cm³/mol. The Hall–Kier alpha value is -1.47. The van der Waals surface area contributed by atoms with Gasteiger partial charge in [0.15, 0.2) is 5.82 Å². The molecule has 1 aliphatic heterocycles. The van der Waals surface area contributed by atoms with Crippen LogP contribution in [0.4, 0.5) is 0 Å². The molecular formula is C16H28N4O3. The lowest BCUT2D eigenvalue weighted by Gasteiger charge is -2.37. The van der Waals surface area contributed by atoms with Gasteiger partial charge in [0, 0.05) is 52.0 Å². The van der Waals surface area contributed by atoms with Crippen LogP contribution >= 0.6 is 0 Å². The van der Waals surface area contributed by atoms with Crippen LogP contribution in [0.15, 0.2) is 4.52 Å². The van der Waals surface area contributed by atoms with Crippen LogP contribution in [0.25, 0.3) is 0 Å². The molecule has 7 nitrogen and oxygen atoms in total. The van der Waals surface area contributed by atoms with Crippen LogP contribution in [-0.2, 0) is 17.6 Å². The number of hydrogen-bond acceptors (Lipinski definition) is 6. The van der Waals surface area contributed by atoms with E-state index < -0.39 is 5.60 Å². The summed E-state index contributed by atoms with van der Waals surface area (Å²) in [6.45, 7) is 9.34. The van der Waals surface area contributed by atoms with Gasteiger partial charge in [-0.25, -0.2) is 0 Å². The van der Waals surface area contributed by atoms with E-state index in [0.717, 1.165) is 31.8 Å². The first kappa shape index (κ1) is 17.9. The maximum absolute atomic E-state index is 12.3. The summed E-state index contributed by atoms with van der Waals surface area (Å²) in [5, 5.41) is 13.7. The number of piperazine rings is 1. The van der Waals surface area contributed by atoms with Crippen molar-refractivity contribution in [2.75, 3.05) is 32.7 Å². The van der Waals surface area contributed by atoms with Crippen molar-refractivity contribution in [2.24, 2.45) is 0 Å². The van der Waals surface area contributed by atoms with Crippen molar-refractivity contribution in [2.45, 2.75) is 52.1 Å². The van der Waals surface area contributed by atoms with Crippen LogP contribution in [0, 0.1) is 0 Å². The first-order valence-corrected chi connectivity index (χ1v) is 8.41. The number of aromatic nitrogens is 2. The molecule has 1 saturated heterocycles. The lowest BCUT2D eigenvalue weighted by molar-refractivity contribution is -0.133. The molecular weight excluding hydrogens is 296 g/mol. The number of carbonyl (C=O) groups excluding carboxylic acids is 1. The third-order valence-corrected chi connectivity index (χ3v) is 3.87. The summed E-state index contributed by atoms with van der Waals surface area (Å²) in [5.74, 6) is 1.39. The van der Waals surface area contributed by atoms with Gasteiger partial charge >= 0.3 is 0 Å². The van der Waals surface area contributed by atoms with E-state index in [1.54, 1.807) is 0 Å². The Labute approximate surface area is 137 Å². The van der Waals surface area contributed by atoms with Crippen molar-refractivity contribution in [1.82, 2.24) is 19.9 Å². The monoisotopic (exact) mass is 324 g/mol. The van der Waals surface area contributed by atoms with Crippen LogP contribution in [-0.4, -0.2) is 69.3 Å². The molecule has 2 rings (SSSR count). The van der Waals surface area contributed by atoms with Crippen molar-refractivity contribution in [3.63, 3.8) is 0 Å². The molecule has 0 saturated carbocycles. The molecule has 1 N–H and O–H groups in total. The smallest absolute Gasteiger partial charge is 0.227 e. The average Bonchev–Trinajstić information content (AvgIpc) is 2.92. The van der Waals surface area contributed by atoms with Crippen LogP contribution in [0.2, 0.25) is 0 Å². The van der Waals surface area contributed by atoms with Gasteiger partial charge < -0.3 is 14.5 Å². The maximum Gasteiger partial charge on any atom is 0.227 e. The van der Waals surface area contributed by atoms with E-state index in [-0.39, 0.29) is 5.91 Å². The number of aliphatic hydroxyl groups is 1. The number of carbonyl (C=O) groups is 1. The largest absolute Gasteiger partial charge is 0.389 e. The Morgan fingerprint density at radius 2 is 1.96 bits per heavy atom. The second-order valence-corrected chi connectivity index (χ2v) is 6.82. The molecule has 23 heavy (non-hydrogen) atoms. The maximum atomic E-state index is 12.3. The van der Waals surface area contributed by atoms with E-state index >= 15 is 0 Å². The van der Waals surface area contributed by atoms with Gasteiger partial charge in [0.25, 0.3) is 0 Å². The van der Waals surface area contributed by atoms with E-state index in [1.165, 1.54) is 0 Å². The van der Waals surface area contributed by atoms with Crippen LogP contribution in [0.5, 0.6) is 0 Å². The quantitative estimate of drug-likeness (QED) is 0.801. The zero-order valence-electron chi connectivity index (χ0n) is 14.4. The number of amides is 1. The van der Waals surface area contributed by atoms with Gasteiger partial charge in [0.2, 0.25) is 11.8 Å². The van der Waals surface area contributed by atoms with E-state index in [9.17, 15) is 9.90 Å². The van der Waals surface area contributed by atoms with E-state index in [1.807, 2.05) is 18.7 Å². The van der Waals surface area contributed by atoms with Crippen LogP contribution < -0.4 is 0 Å². The molecule has 0 bridgehead atoms. The molecule has 0 radical (unpaired) electrons. The average molecular weight is 324 g/mol. The molecule has 0 unspecified atom stereocenters. The Bertz CT molecular complexity index is 502. The molecule has 130 valence electrons. The summed E-state index contributed by atoms with van der Waals surface area (Å²) in [6, 6.07) is 0. The van der Waals surface area contributed by atoms with Crippen molar-refractivity contribution in [1.29, 1.82) is 0 Å². The van der Waals surface area contributed by atoms with E-state index in [2.05, 4.69) is 22.0 Å². The number of aryl methyl sites for hydroxylation is 2. The number of hydrogen-bond donors (Lipinski definition) is 1. The molecule has 0 aliphatic carbocycles. The Balaban J connectivity index is 1.72. The summed E-state index contributed by atoms with van der Waals surface area (Å²) in [6.07, 6.45) is 2.69. The molecule has 1 fully saturated rings. The first-order valence-electron chi connectivity index (χ1n) is 8.41. The zero-order chi connectivity index (χ0) is 16.9. The Kier molecular flexibility index (Phi) is 6.12. The highest BCUT2D eigenvalue weighted by molar-refractivity contribution is 5.76. The predicted octanol–water partition coefficient (Wildman–Crippen LogP) is 0.870. The number of rotatable bonds is 7. The summed E-state index contributed by atoms with van der Waals surface area (Å²) >= 11 is 0. The number of β-amino-alcohol motifs (C(OH)–C–C–N with tert-alkyl or cyclic N) is 1. The van der Waals surface area contributed by atoms with Gasteiger partial charge in [-0.05, 0) is 20.3 Å². The van der Waals surface area contributed by atoms with E-state index in [0.29, 0.717) is 38.4 Å². The molecule has 1 amide bonds. The lowest BCUT2D eigenvalue weighted by Crippen LogP contribution is -2.52. The van der Waals surface area contributed by atoms with Gasteiger partial charge in [-0.3, -0.25) is 9.69 Å². The topological polar surface area (TPSA) is 82.7 Å². The fraction of sp³-hybridized carbons (Fsp3) is 0.812. The molecule has 0 aromatic carbocycles. The molecule has 0 spiro atoms.